The Morgan fingerprint density at radius 1 is 1.00 bits per heavy atom. The van der Waals surface area contributed by atoms with Crippen molar-refractivity contribution < 1.29 is 9.59 Å². The molecule has 0 aromatic heterocycles. The van der Waals surface area contributed by atoms with Crippen LogP contribution in [0.15, 0.2) is 12.2 Å². The first kappa shape index (κ1) is 10.6. The fourth-order valence-corrected chi connectivity index (χ4v) is 4.88. The van der Waals surface area contributed by atoms with Gasteiger partial charge in [0.15, 0.2) is 0 Å². The molecule has 96 valence electrons. The van der Waals surface area contributed by atoms with Gasteiger partial charge in [-0.05, 0) is 32.1 Å². The highest BCUT2D eigenvalue weighted by atomic mass is 16.2. The number of carbonyl (C=O) groups excluding carboxylic acids is 2. The van der Waals surface area contributed by atoms with Crippen LogP contribution in [-0.2, 0) is 9.59 Å². The summed E-state index contributed by atoms with van der Waals surface area (Å²) in [6.07, 6.45) is 9.68. The van der Waals surface area contributed by atoms with Gasteiger partial charge in [0.05, 0.1) is 11.1 Å². The third kappa shape index (κ3) is 0.953. The van der Waals surface area contributed by atoms with Crippen molar-refractivity contribution in [2.24, 2.45) is 0 Å². The van der Waals surface area contributed by atoms with Crippen molar-refractivity contribution in [3.8, 4) is 0 Å². The minimum atomic E-state index is -0.174. The van der Waals surface area contributed by atoms with Gasteiger partial charge in [-0.1, -0.05) is 6.08 Å². The van der Waals surface area contributed by atoms with E-state index in [1.807, 2.05) is 4.90 Å². The predicted molar refractivity (Wildman–Crippen MR) is 65.7 cm³/mol. The van der Waals surface area contributed by atoms with E-state index in [1.54, 1.807) is 6.08 Å². The summed E-state index contributed by atoms with van der Waals surface area (Å²) >= 11 is 0. The predicted octanol–water partition coefficient (Wildman–Crippen LogP) is 1.07. The Balaban J connectivity index is 1.85. The highest BCUT2D eigenvalue weighted by Crippen LogP contribution is 2.55. The Bertz CT molecular complexity index is 472. The van der Waals surface area contributed by atoms with Crippen LogP contribution < -0.4 is 0 Å². The second kappa shape index (κ2) is 3.16. The summed E-state index contributed by atoms with van der Waals surface area (Å²) in [5, 5.41) is 0. The van der Waals surface area contributed by atoms with Crippen LogP contribution >= 0.6 is 0 Å². The minimum absolute atomic E-state index is 0.0801. The van der Waals surface area contributed by atoms with Gasteiger partial charge in [0.2, 0.25) is 11.8 Å². The number of fused-ring (bicyclic) bond motifs is 3. The average Bonchev–Trinajstić information content (AvgIpc) is 3.04. The second-order valence-corrected chi connectivity index (χ2v) is 6.03. The SMILES string of the molecule is O=C1C=CC2(C34CCCN3C(=O)CC4)CCCN12. The van der Waals surface area contributed by atoms with E-state index in [-0.39, 0.29) is 17.0 Å². The normalized spacial score (nSPS) is 42.0. The number of hydrogen-bond donors (Lipinski definition) is 0. The molecule has 0 aliphatic carbocycles. The van der Waals surface area contributed by atoms with Crippen molar-refractivity contribution in [3.05, 3.63) is 12.2 Å². The maximum absolute atomic E-state index is 12.1. The molecular formula is C14H18N2O2. The van der Waals surface area contributed by atoms with E-state index in [1.165, 1.54) is 0 Å². The molecule has 0 N–H and O–H groups in total. The summed E-state index contributed by atoms with van der Waals surface area (Å²) in [6.45, 7) is 1.74. The summed E-state index contributed by atoms with van der Waals surface area (Å²) in [6, 6.07) is 0. The van der Waals surface area contributed by atoms with E-state index in [4.69, 9.17) is 0 Å². The monoisotopic (exact) mass is 246 g/mol. The van der Waals surface area contributed by atoms with Gasteiger partial charge in [0, 0.05) is 25.6 Å². The van der Waals surface area contributed by atoms with Gasteiger partial charge in [-0.15, -0.1) is 0 Å². The zero-order valence-electron chi connectivity index (χ0n) is 10.5. The van der Waals surface area contributed by atoms with Crippen LogP contribution in [0.5, 0.6) is 0 Å². The highest BCUT2D eigenvalue weighted by molar-refractivity contribution is 5.93. The average molecular weight is 246 g/mol. The summed E-state index contributed by atoms with van der Waals surface area (Å²) in [5.74, 6) is 0.439. The molecule has 4 heteroatoms. The molecule has 0 radical (unpaired) electrons. The third-order valence-corrected chi connectivity index (χ3v) is 5.54. The van der Waals surface area contributed by atoms with Gasteiger partial charge in [-0.25, -0.2) is 0 Å². The maximum Gasteiger partial charge on any atom is 0.247 e. The van der Waals surface area contributed by atoms with Crippen molar-refractivity contribution in [2.75, 3.05) is 13.1 Å². The smallest absolute Gasteiger partial charge is 0.247 e. The largest absolute Gasteiger partial charge is 0.334 e. The van der Waals surface area contributed by atoms with E-state index in [0.717, 1.165) is 45.2 Å². The van der Waals surface area contributed by atoms with Crippen LogP contribution in [0.2, 0.25) is 0 Å². The molecule has 2 unspecified atom stereocenters. The van der Waals surface area contributed by atoms with Gasteiger partial charge in [0.25, 0.3) is 0 Å². The van der Waals surface area contributed by atoms with Crippen LogP contribution in [0.3, 0.4) is 0 Å². The fraction of sp³-hybridized carbons (Fsp3) is 0.714. The number of hydrogen-bond acceptors (Lipinski definition) is 2. The lowest BCUT2D eigenvalue weighted by Crippen LogP contribution is -2.63. The zero-order valence-corrected chi connectivity index (χ0v) is 10.5. The standard InChI is InChI=1S/C14H18N2O2/c17-11-3-7-13(5-1-9-15(11)13)14-6-2-10-16(14)12(18)4-8-14/h3,7H,1-2,4-6,8-10H2. The number of carbonyl (C=O) groups is 2. The van der Waals surface area contributed by atoms with Gasteiger partial charge in [0.1, 0.15) is 0 Å². The van der Waals surface area contributed by atoms with Crippen LogP contribution in [0.25, 0.3) is 0 Å². The lowest BCUT2D eigenvalue weighted by atomic mass is 9.72. The van der Waals surface area contributed by atoms with E-state index >= 15 is 0 Å². The molecule has 0 saturated carbocycles. The summed E-state index contributed by atoms with van der Waals surface area (Å²) in [7, 11) is 0. The highest BCUT2D eigenvalue weighted by Gasteiger charge is 2.65. The van der Waals surface area contributed by atoms with Crippen LogP contribution in [0.4, 0.5) is 0 Å². The van der Waals surface area contributed by atoms with E-state index in [9.17, 15) is 9.59 Å². The Morgan fingerprint density at radius 2 is 1.78 bits per heavy atom. The summed E-state index contributed by atoms with van der Waals surface area (Å²) in [5.41, 5.74) is -0.254. The van der Waals surface area contributed by atoms with E-state index in [0.29, 0.717) is 12.3 Å². The molecule has 2 atom stereocenters. The molecule has 0 spiro atoms. The Hall–Kier alpha value is -1.32. The van der Waals surface area contributed by atoms with Crippen molar-refractivity contribution in [1.29, 1.82) is 0 Å². The van der Waals surface area contributed by atoms with E-state index < -0.39 is 0 Å². The van der Waals surface area contributed by atoms with Gasteiger partial charge < -0.3 is 9.80 Å². The molecule has 4 aliphatic heterocycles. The zero-order chi connectivity index (χ0) is 12.4. The van der Waals surface area contributed by atoms with Gasteiger partial charge in [-0.2, -0.15) is 0 Å². The molecular weight excluding hydrogens is 228 g/mol. The van der Waals surface area contributed by atoms with Gasteiger partial charge in [-0.3, -0.25) is 9.59 Å². The van der Waals surface area contributed by atoms with Crippen LogP contribution in [0, 0.1) is 0 Å². The first-order valence-electron chi connectivity index (χ1n) is 7.01. The third-order valence-electron chi connectivity index (χ3n) is 5.54. The lowest BCUT2D eigenvalue weighted by molar-refractivity contribution is -0.137. The lowest BCUT2D eigenvalue weighted by Gasteiger charge is -2.48. The molecule has 3 saturated heterocycles. The van der Waals surface area contributed by atoms with Crippen molar-refractivity contribution in [1.82, 2.24) is 9.80 Å². The van der Waals surface area contributed by atoms with Crippen molar-refractivity contribution in [2.45, 2.75) is 49.6 Å². The molecule has 0 aromatic rings. The number of nitrogens with zero attached hydrogens (tertiary/aromatic N) is 2. The molecule has 4 aliphatic rings. The molecule has 4 rings (SSSR count). The number of amides is 2. The Morgan fingerprint density at radius 3 is 2.67 bits per heavy atom. The maximum atomic E-state index is 12.1. The quantitative estimate of drug-likeness (QED) is 0.694. The molecule has 3 fully saturated rings. The number of rotatable bonds is 1. The molecule has 2 amide bonds. The fourth-order valence-electron chi connectivity index (χ4n) is 4.88. The summed E-state index contributed by atoms with van der Waals surface area (Å²) < 4.78 is 0. The Labute approximate surface area is 107 Å². The van der Waals surface area contributed by atoms with E-state index in [2.05, 4.69) is 11.0 Å². The molecule has 4 nitrogen and oxygen atoms in total. The second-order valence-electron chi connectivity index (χ2n) is 6.03. The molecule has 18 heavy (non-hydrogen) atoms. The topological polar surface area (TPSA) is 40.6 Å². The first-order valence-corrected chi connectivity index (χ1v) is 7.01. The van der Waals surface area contributed by atoms with Crippen LogP contribution in [0.1, 0.15) is 38.5 Å². The molecule has 0 aromatic carbocycles. The summed E-state index contributed by atoms with van der Waals surface area (Å²) in [4.78, 5) is 28.2. The first-order chi connectivity index (χ1) is 8.70. The minimum Gasteiger partial charge on any atom is -0.334 e. The van der Waals surface area contributed by atoms with Crippen molar-refractivity contribution >= 4 is 11.8 Å². The Kier molecular flexibility index (Phi) is 1.86. The van der Waals surface area contributed by atoms with Crippen molar-refractivity contribution in [3.63, 3.8) is 0 Å². The van der Waals surface area contributed by atoms with Crippen LogP contribution in [-0.4, -0.2) is 45.8 Å². The molecule has 0 bridgehead atoms. The molecule has 4 heterocycles. The van der Waals surface area contributed by atoms with Gasteiger partial charge >= 0.3 is 0 Å².